The minimum Gasteiger partial charge on any atom is -0.494 e. The van der Waals surface area contributed by atoms with Gasteiger partial charge in [-0.25, -0.2) is 4.79 Å². The summed E-state index contributed by atoms with van der Waals surface area (Å²) in [4.78, 5) is 14.5. The summed E-state index contributed by atoms with van der Waals surface area (Å²) >= 11 is 0. The fraction of sp³-hybridized carbons (Fsp3) is 0.650. The fourth-order valence-electron chi connectivity index (χ4n) is 3.25. The molecule has 0 spiro atoms. The summed E-state index contributed by atoms with van der Waals surface area (Å²) in [5.41, 5.74) is 3.14. The Hall–Kier alpha value is -1.75. The van der Waals surface area contributed by atoms with Gasteiger partial charge in [0.15, 0.2) is 0 Å². The van der Waals surface area contributed by atoms with Gasteiger partial charge in [-0.15, -0.1) is 0 Å². The van der Waals surface area contributed by atoms with Crippen LogP contribution in [0.5, 0.6) is 5.75 Å². The number of fused-ring (bicyclic) bond motifs is 1. The zero-order valence-corrected chi connectivity index (χ0v) is 16.4. The highest BCUT2D eigenvalue weighted by Crippen LogP contribution is 2.32. The van der Waals surface area contributed by atoms with Crippen molar-refractivity contribution in [2.24, 2.45) is 0 Å². The van der Waals surface area contributed by atoms with E-state index in [9.17, 15) is 4.79 Å². The fourth-order valence-corrected chi connectivity index (χ4v) is 3.25. The van der Waals surface area contributed by atoms with Gasteiger partial charge < -0.3 is 19.7 Å². The van der Waals surface area contributed by atoms with Crippen molar-refractivity contribution in [2.45, 2.75) is 72.2 Å². The van der Waals surface area contributed by atoms with Crippen molar-refractivity contribution >= 4 is 6.09 Å². The third-order valence-electron chi connectivity index (χ3n) is 4.39. The van der Waals surface area contributed by atoms with Crippen LogP contribution in [-0.4, -0.2) is 36.3 Å². The van der Waals surface area contributed by atoms with Crippen molar-refractivity contribution in [1.29, 1.82) is 0 Å². The number of carbonyl (C=O) groups excluding carboxylic acids is 1. The van der Waals surface area contributed by atoms with Crippen LogP contribution in [-0.2, 0) is 24.2 Å². The van der Waals surface area contributed by atoms with E-state index in [-0.39, 0.29) is 12.1 Å². The zero-order valence-electron chi connectivity index (χ0n) is 16.4. The van der Waals surface area contributed by atoms with Gasteiger partial charge in [0, 0.05) is 24.7 Å². The molecule has 0 aliphatic carbocycles. The Labute approximate surface area is 151 Å². The molecule has 0 saturated heterocycles. The van der Waals surface area contributed by atoms with E-state index < -0.39 is 5.60 Å². The molecule has 1 atom stereocenters. The van der Waals surface area contributed by atoms with Gasteiger partial charge in [0.05, 0.1) is 6.61 Å². The summed E-state index contributed by atoms with van der Waals surface area (Å²) in [6, 6.07) is 4.49. The molecular weight excluding hydrogens is 316 g/mol. The standard InChI is InChI=1S/C20H32N2O3/c1-7-17-10-14-9-15(12-21-6)18(24-8-2)11-16(14)13-22(17)19(23)25-20(3,4)5/h9,11,17,21H,7-8,10,12-13H2,1-6H3. The van der Waals surface area contributed by atoms with Gasteiger partial charge in [0.1, 0.15) is 11.4 Å². The Morgan fingerprint density at radius 3 is 2.56 bits per heavy atom. The van der Waals surface area contributed by atoms with Gasteiger partial charge in [-0.2, -0.15) is 0 Å². The highest BCUT2D eigenvalue weighted by Gasteiger charge is 2.32. The van der Waals surface area contributed by atoms with E-state index in [1.807, 2.05) is 39.6 Å². The highest BCUT2D eigenvalue weighted by atomic mass is 16.6. The molecule has 25 heavy (non-hydrogen) atoms. The second kappa shape index (κ2) is 8.09. The lowest BCUT2D eigenvalue weighted by Crippen LogP contribution is -2.46. The maximum absolute atomic E-state index is 12.6. The topological polar surface area (TPSA) is 50.8 Å². The van der Waals surface area contributed by atoms with Gasteiger partial charge in [0.2, 0.25) is 0 Å². The molecule has 1 aliphatic rings. The first-order valence-electron chi connectivity index (χ1n) is 9.20. The largest absolute Gasteiger partial charge is 0.494 e. The molecule has 1 amide bonds. The Morgan fingerprint density at radius 1 is 1.28 bits per heavy atom. The highest BCUT2D eigenvalue weighted by molar-refractivity contribution is 5.69. The van der Waals surface area contributed by atoms with E-state index in [1.165, 1.54) is 11.1 Å². The third kappa shape index (κ3) is 4.88. The number of nitrogens with one attached hydrogen (secondary N) is 1. The van der Waals surface area contributed by atoms with Crippen LogP contribution in [0, 0.1) is 0 Å². The normalized spacial score (nSPS) is 17.2. The summed E-state index contributed by atoms with van der Waals surface area (Å²) in [5.74, 6) is 0.898. The van der Waals surface area contributed by atoms with Crippen molar-refractivity contribution in [3.05, 3.63) is 28.8 Å². The zero-order chi connectivity index (χ0) is 18.6. The van der Waals surface area contributed by atoms with Gasteiger partial charge in [0.25, 0.3) is 0 Å². The predicted molar refractivity (Wildman–Crippen MR) is 99.9 cm³/mol. The molecule has 0 fully saturated rings. The predicted octanol–water partition coefficient (Wildman–Crippen LogP) is 3.88. The maximum atomic E-state index is 12.6. The Bertz CT molecular complexity index is 608. The van der Waals surface area contributed by atoms with Crippen LogP contribution < -0.4 is 10.1 Å². The van der Waals surface area contributed by atoms with Crippen molar-refractivity contribution in [3.8, 4) is 5.75 Å². The lowest BCUT2D eigenvalue weighted by molar-refractivity contribution is 0.0114. The van der Waals surface area contributed by atoms with E-state index >= 15 is 0 Å². The minimum atomic E-state index is -0.483. The van der Waals surface area contributed by atoms with Crippen LogP contribution in [0.4, 0.5) is 4.79 Å². The molecule has 1 heterocycles. The molecule has 0 aromatic heterocycles. The SMILES string of the molecule is CCOc1cc2c(cc1CNC)CC(CC)N(C(=O)OC(C)(C)C)C2. The number of hydrogen-bond donors (Lipinski definition) is 1. The van der Waals surface area contributed by atoms with Crippen LogP contribution in [0.2, 0.25) is 0 Å². The smallest absolute Gasteiger partial charge is 0.410 e. The van der Waals surface area contributed by atoms with E-state index in [1.54, 1.807) is 0 Å². The first kappa shape index (κ1) is 19.6. The molecule has 5 heteroatoms. The molecule has 5 nitrogen and oxygen atoms in total. The minimum absolute atomic E-state index is 0.169. The quantitative estimate of drug-likeness (QED) is 0.877. The lowest BCUT2D eigenvalue weighted by atomic mass is 9.91. The molecule has 1 unspecified atom stereocenters. The second-order valence-corrected chi connectivity index (χ2v) is 7.57. The number of nitrogens with zero attached hydrogens (tertiary/aromatic N) is 1. The van der Waals surface area contributed by atoms with Crippen molar-refractivity contribution < 1.29 is 14.3 Å². The summed E-state index contributed by atoms with van der Waals surface area (Å²) in [5, 5.41) is 3.20. The molecule has 1 aliphatic heterocycles. The molecule has 140 valence electrons. The second-order valence-electron chi connectivity index (χ2n) is 7.57. The first-order valence-corrected chi connectivity index (χ1v) is 9.20. The van der Waals surface area contributed by atoms with Gasteiger partial charge >= 0.3 is 6.09 Å². The number of amides is 1. The van der Waals surface area contributed by atoms with Crippen LogP contribution in [0.25, 0.3) is 0 Å². The monoisotopic (exact) mass is 348 g/mol. The van der Waals surface area contributed by atoms with E-state index in [2.05, 4.69) is 24.4 Å². The molecule has 1 aromatic rings. The number of benzene rings is 1. The van der Waals surface area contributed by atoms with E-state index in [0.717, 1.165) is 30.7 Å². The number of ether oxygens (including phenoxy) is 2. The molecular formula is C20H32N2O3. The third-order valence-corrected chi connectivity index (χ3v) is 4.39. The number of hydrogen-bond acceptors (Lipinski definition) is 4. The van der Waals surface area contributed by atoms with Gasteiger partial charge in [-0.1, -0.05) is 13.0 Å². The van der Waals surface area contributed by atoms with Crippen LogP contribution in [0.3, 0.4) is 0 Å². The lowest BCUT2D eigenvalue weighted by Gasteiger charge is -2.37. The van der Waals surface area contributed by atoms with Crippen molar-refractivity contribution in [2.75, 3.05) is 13.7 Å². The maximum Gasteiger partial charge on any atom is 0.410 e. The summed E-state index contributed by atoms with van der Waals surface area (Å²) in [7, 11) is 1.94. The summed E-state index contributed by atoms with van der Waals surface area (Å²) in [6.45, 7) is 11.8. The van der Waals surface area contributed by atoms with Crippen molar-refractivity contribution in [1.82, 2.24) is 10.2 Å². The average Bonchev–Trinajstić information content (AvgIpc) is 2.53. The van der Waals surface area contributed by atoms with Crippen LogP contribution in [0.1, 0.15) is 57.7 Å². The molecule has 2 rings (SSSR count). The van der Waals surface area contributed by atoms with E-state index in [4.69, 9.17) is 9.47 Å². The van der Waals surface area contributed by atoms with Gasteiger partial charge in [-0.05, 0) is 64.8 Å². The Balaban J connectivity index is 2.32. The number of carbonyl (C=O) groups is 1. The summed E-state index contributed by atoms with van der Waals surface area (Å²) in [6.07, 6.45) is 1.53. The molecule has 1 aromatic carbocycles. The van der Waals surface area contributed by atoms with Crippen molar-refractivity contribution in [3.63, 3.8) is 0 Å². The molecule has 1 N–H and O–H groups in total. The summed E-state index contributed by atoms with van der Waals surface area (Å²) < 4.78 is 11.4. The van der Waals surface area contributed by atoms with Gasteiger partial charge in [-0.3, -0.25) is 0 Å². The number of rotatable bonds is 5. The first-order chi connectivity index (χ1) is 11.8. The Morgan fingerprint density at radius 2 is 2.00 bits per heavy atom. The van der Waals surface area contributed by atoms with Crippen LogP contribution in [0.15, 0.2) is 12.1 Å². The van der Waals surface area contributed by atoms with Crippen LogP contribution >= 0.6 is 0 Å². The molecule has 0 radical (unpaired) electrons. The molecule has 0 saturated carbocycles. The Kier molecular flexibility index (Phi) is 6.33. The average molecular weight is 348 g/mol. The molecule has 0 bridgehead atoms. The van der Waals surface area contributed by atoms with E-state index in [0.29, 0.717) is 13.2 Å².